The van der Waals surface area contributed by atoms with E-state index in [0.717, 1.165) is 12.3 Å². The Bertz CT molecular complexity index is 1350. The molecule has 4 rings (SSSR count). The quantitative estimate of drug-likeness (QED) is 0.191. The topological polar surface area (TPSA) is 81.2 Å². The molecule has 0 spiro atoms. The number of benzene rings is 1. The summed E-state index contributed by atoms with van der Waals surface area (Å²) in [4.78, 5) is 12.9. The van der Waals surface area contributed by atoms with Crippen molar-refractivity contribution in [1.29, 1.82) is 0 Å². The number of rotatable bonds is 8. The van der Waals surface area contributed by atoms with Crippen LogP contribution in [0.1, 0.15) is 31.2 Å². The third-order valence-corrected chi connectivity index (χ3v) is 5.75. The SMILES string of the molecule is C/C=C\C(=C/NC(F)(F)F)Nc1nc(COC2CCOCC2)nc2cc(-c3ncccc3C(F)(F)F)ccc12. The summed E-state index contributed by atoms with van der Waals surface area (Å²) in [5.74, 6) is 0.358. The van der Waals surface area contributed by atoms with Gasteiger partial charge in [0.05, 0.1) is 28.6 Å². The summed E-state index contributed by atoms with van der Waals surface area (Å²) in [5.41, 5.74) is -0.711. The van der Waals surface area contributed by atoms with E-state index >= 15 is 0 Å². The first-order chi connectivity index (χ1) is 18.5. The molecule has 0 amide bonds. The number of nitrogens with zero attached hydrogens (tertiary/aromatic N) is 3. The Morgan fingerprint density at radius 2 is 1.87 bits per heavy atom. The van der Waals surface area contributed by atoms with Crippen LogP contribution in [0.4, 0.5) is 32.2 Å². The van der Waals surface area contributed by atoms with Crippen LogP contribution in [0.25, 0.3) is 22.2 Å². The van der Waals surface area contributed by atoms with E-state index in [1.54, 1.807) is 6.92 Å². The number of fused-ring (bicyclic) bond motifs is 1. The van der Waals surface area contributed by atoms with Crippen LogP contribution in [0.2, 0.25) is 0 Å². The average Bonchev–Trinajstić information content (AvgIpc) is 2.90. The van der Waals surface area contributed by atoms with Crippen molar-refractivity contribution in [2.24, 2.45) is 0 Å². The van der Waals surface area contributed by atoms with Gasteiger partial charge in [-0.05, 0) is 50.1 Å². The summed E-state index contributed by atoms with van der Waals surface area (Å²) in [7, 11) is 0. The van der Waals surface area contributed by atoms with Gasteiger partial charge in [0.15, 0.2) is 5.82 Å². The lowest BCUT2D eigenvalue weighted by Crippen LogP contribution is -2.27. The largest absolute Gasteiger partial charge is 0.481 e. The fourth-order valence-corrected chi connectivity index (χ4v) is 3.99. The zero-order valence-corrected chi connectivity index (χ0v) is 20.7. The fraction of sp³-hybridized carbons (Fsp3) is 0.346. The van der Waals surface area contributed by atoms with Gasteiger partial charge in [-0.3, -0.25) is 4.98 Å². The lowest BCUT2D eigenvalue weighted by molar-refractivity contribution is -0.147. The van der Waals surface area contributed by atoms with Gasteiger partial charge < -0.3 is 20.1 Å². The molecule has 0 radical (unpaired) electrons. The molecular weight excluding hydrogens is 528 g/mol. The second-order valence-electron chi connectivity index (χ2n) is 8.61. The highest BCUT2D eigenvalue weighted by atomic mass is 19.4. The maximum atomic E-state index is 13.6. The van der Waals surface area contributed by atoms with Crippen molar-refractivity contribution in [2.75, 3.05) is 18.5 Å². The van der Waals surface area contributed by atoms with E-state index in [0.29, 0.717) is 31.4 Å². The van der Waals surface area contributed by atoms with Gasteiger partial charge in [0.2, 0.25) is 0 Å². The summed E-state index contributed by atoms with van der Waals surface area (Å²) in [6.07, 6.45) is -3.06. The maximum Gasteiger partial charge on any atom is 0.481 e. The van der Waals surface area contributed by atoms with E-state index in [-0.39, 0.29) is 46.8 Å². The first-order valence-electron chi connectivity index (χ1n) is 12.0. The predicted octanol–water partition coefficient (Wildman–Crippen LogP) is 6.35. The number of allylic oxidation sites excluding steroid dienone is 2. The summed E-state index contributed by atoms with van der Waals surface area (Å²) in [5, 5.41) is 4.57. The third-order valence-electron chi connectivity index (χ3n) is 5.75. The van der Waals surface area contributed by atoms with E-state index < -0.39 is 18.0 Å². The number of halogens is 6. The third kappa shape index (κ3) is 7.67. The molecule has 1 fully saturated rings. The summed E-state index contributed by atoms with van der Waals surface area (Å²) >= 11 is 0. The standard InChI is InChI=1S/C26H25F6N5O2/c1-2-4-17(14-34-26(30,31)32)35-24-19-7-6-16(23-20(25(27,28)29)5-3-10-33-23)13-21(19)36-22(37-24)15-39-18-8-11-38-12-9-18/h2-7,10,13-14,18,34H,8-9,11-12,15H2,1H3,(H,35,36,37)/b4-2-,17-14+. The Balaban J connectivity index is 1.76. The van der Waals surface area contributed by atoms with Crippen molar-refractivity contribution in [3.05, 3.63) is 72.0 Å². The zero-order chi connectivity index (χ0) is 28.0. The number of nitrogens with one attached hydrogen (secondary N) is 2. The first-order valence-corrected chi connectivity index (χ1v) is 12.0. The Hall–Kier alpha value is -3.71. The van der Waals surface area contributed by atoms with Crippen molar-refractivity contribution in [3.63, 3.8) is 0 Å². The van der Waals surface area contributed by atoms with E-state index in [1.165, 1.54) is 47.9 Å². The Kier molecular flexibility index (Phi) is 8.70. The molecule has 1 aliphatic heterocycles. The van der Waals surface area contributed by atoms with Crippen LogP contribution in [0, 0.1) is 0 Å². The van der Waals surface area contributed by atoms with Gasteiger partial charge in [0, 0.05) is 36.6 Å². The van der Waals surface area contributed by atoms with Crippen LogP contribution < -0.4 is 10.6 Å². The van der Waals surface area contributed by atoms with Gasteiger partial charge in [0.1, 0.15) is 12.4 Å². The van der Waals surface area contributed by atoms with Crippen molar-refractivity contribution < 1.29 is 35.8 Å². The van der Waals surface area contributed by atoms with Crippen LogP contribution in [-0.4, -0.2) is 40.6 Å². The molecule has 0 aliphatic carbocycles. The minimum Gasteiger partial charge on any atom is -0.381 e. The molecule has 3 aromatic rings. The molecule has 0 saturated carbocycles. The highest BCUT2D eigenvalue weighted by Gasteiger charge is 2.34. The molecule has 1 aliphatic rings. The Morgan fingerprint density at radius 1 is 1.10 bits per heavy atom. The number of alkyl halides is 6. The molecule has 1 aromatic carbocycles. The molecular formula is C26H25F6N5O2. The average molecular weight is 554 g/mol. The van der Waals surface area contributed by atoms with E-state index in [1.807, 2.05) is 0 Å². The van der Waals surface area contributed by atoms with E-state index in [9.17, 15) is 26.3 Å². The highest BCUT2D eigenvalue weighted by molar-refractivity contribution is 5.92. The van der Waals surface area contributed by atoms with E-state index in [2.05, 4.69) is 20.3 Å². The monoisotopic (exact) mass is 553 g/mol. The normalized spacial score (nSPS) is 15.7. The van der Waals surface area contributed by atoms with Gasteiger partial charge >= 0.3 is 12.5 Å². The van der Waals surface area contributed by atoms with Gasteiger partial charge in [-0.1, -0.05) is 12.1 Å². The number of hydrogen-bond donors (Lipinski definition) is 2. The molecule has 0 atom stereocenters. The van der Waals surface area contributed by atoms with E-state index in [4.69, 9.17) is 9.47 Å². The minimum absolute atomic E-state index is 0.0135. The number of hydrogen-bond acceptors (Lipinski definition) is 7. The van der Waals surface area contributed by atoms with Gasteiger partial charge in [-0.15, -0.1) is 0 Å². The number of pyridine rings is 1. The van der Waals surface area contributed by atoms with Crippen molar-refractivity contribution in [2.45, 2.75) is 45.0 Å². The van der Waals surface area contributed by atoms with Crippen LogP contribution in [0.3, 0.4) is 0 Å². The molecule has 208 valence electrons. The number of ether oxygens (including phenoxy) is 2. The van der Waals surface area contributed by atoms with Crippen LogP contribution in [0.5, 0.6) is 0 Å². The van der Waals surface area contributed by atoms with Crippen molar-refractivity contribution in [1.82, 2.24) is 20.3 Å². The minimum atomic E-state index is -4.65. The second kappa shape index (κ2) is 12.0. The van der Waals surface area contributed by atoms with Gasteiger partial charge in [-0.2, -0.15) is 26.3 Å². The summed E-state index contributed by atoms with van der Waals surface area (Å²) < 4.78 is 90.4. The van der Waals surface area contributed by atoms with Crippen LogP contribution >= 0.6 is 0 Å². The van der Waals surface area contributed by atoms with Crippen molar-refractivity contribution >= 4 is 16.7 Å². The molecule has 39 heavy (non-hydrogen) atoms. The number of anilines is 1. The molecule has 2 N–H and O–H groups in total. The second-order valence-corrected chi connectivity index (χ2v) is 8.61. The van der Waals surface area contributed by atoms with Crippen LogP contribution in [0.15, 0.2) is 60.6 Å². The summed E-state index contributed by atoms with van der Waals surface area (Å²) in [6.45, 7) is 2.72. The highest BCUT2D eigenvalue weighted by Crippen LogP contribution is 2.37. The van der Waals surface area contributed by atoms with Crippen molar-refractivity contribution in [3.8, 4) is 11.3 Å². The molecule has 0 bridgehead atoms. The lowest BCUT2D eigenvalue weighted by Gasteiger charge is -2.22. The first kappa shape index (κ1) is 28.3. The van der Waals surface area contributed by atoms with Crippen LogP contribution in [-0.2, 0) is 22.3 Å². The zero-order valence-electron chi connectivity index (χ0n) is 20.7. The molecule has 1 saturated heterocycles. The molecule has 0 unspecified atom stereocenters. The summed E-state index contributed by atoms with van der Waals surface area (Å²) in [6, 6.07) is 6.50. The smallest absolute Gasteiger partial charge is 0.381 e. The molecule has 13 heteroatoms. The lowest BCUT2D eigenvalue weighted by atomic mass is 10.0. The van der Waals surface area contributed by atoms with Gasteiger partial charge in [-0.25, -0.2) is 9.97 Å². The fourth-order valence-electron chi connectivity index (χ4n) is 3.99. The molecule has 3 heterocycles. The Morgan fingerprint density at radius 3 is 2.56 bits per heavy atom. The predicted molar refractivity (Wildman–Crippen MR) is 132 cm³/mol. The molecule has 7 nitrogen and oxygen atoms in total. The number of aromatic nitrogens is 3. The molecule has 2 aromatic heterocycles. The Labute approximate surface area is 220 Å². The maximum absolute atomic E-state index is 13.6. The van der Waals surface area contributed by atoms with Gasteiger partial charge in [0.25, 0.3) is 0 Å².